The zero-order valence-electron chi connectivity index (χ0n) is 49.6. The fourth-order valence-electron chi connectivity index (χ4n) is 8.65. The molecule has 12 nitrogen and oxygen atoms in total. The summed E-state index contributed by atoms with van der Waals surface area (Å²) in [6.07, 6.45) is 41.8. The Morgan fingerprint density at radius 1 is 0.500 bits per heavy atom. The van der Waals surface area contributed by atoms with E-state index in [2.05, 4.69) is 22.4 Å². The Bertz CT molecular complexity index is 2250. The topological polar surface area (TPSA) is 167 Å². The molecule has 1 saturated heterocycles. The fourth-order valence-corrected chi connectivity index (χ4v) is 11.7. The van der Waals surface area contributed by atoms with Gasteiger partial charge in [-0.05, 0) is 130 Å². The van der Waals surface area contributed by atoms with Crippen molar-refractivity contribution in [3.8, 4) is 0 Å². The summed E-state index contributed by atoms with van der Waals surface area (Å²) in [4.78, 5) is 86.1. The zero-order valence-corrected chi connectivity index (χ0v) is 51.3. The van der Waals surface area contributed by atoms with Gasteiger partial charge in [-0.3, -0.25) is 14.4 Å². The molecule has 78 heavy (non-hydrogen) atoms. The molecular formula is C64H97N3O9S2. The molecule has 0 aromatic carbocycles. The molecule has 0 aromatic rings. The Labute approximate surface area is 477 Å². The van der Waals surface area contributed by atoms with Gasteiger partial charge in [-0.25, -0.2) is 14.4 Å². The first-order valence-corrected chi connectivity index (χ1v) is 31.9. The summed E-state index contributed by atoms with van der Waals surface area (Å²) in [6, 6.07) is 0. The van der Waals surface area contributed by atoms with Gasteiger partial charge in [0.2, 0.25) is 0 Å². The van der Waals surface area contributed by atoms with Crippen LogP contribution in [0.3, 0.4) is 0 Å². The number of hydrogen-bond donors (Lipinski definition) is 0. The van der Waals surface area contributed by atoms with Crippen LogP contribution < -0.4 is 0 Å². The van der Waals surface area contributed by atoms with E-state index >= 15 is 0 Å². The summed E-state index contributed by atoms with van der Waals surface area (Å²) in [5.74, 6) is 0.652. The standard InChI is InChI=1S/C29H49NO3.C18H25NO3S2.C17H23NO3/c1-5-6-7-8-9-10-11-12-13-14-15-16-17-18-19-20-21-29(32)33-30-27-23-26(24(2)3)28(31)22-25(27)4;1-12(2)15-11-16(13(3)10-17(15)20)19-22-18(21)7-5-4-6-14-8-9-23-24-14;1-5-6-7-8-9-17(20)21-18-15-11-14(12(2)3)16(19)10-13(15)4/h22-24H,5-21H2,1-4H3;10-12,14H,4-9H2,1-3H3;6-7,10-12H,5,8-9H2,1-4H3/b30-27-;19-16-;7-6+,18-15+. The first-order chi connectivity index (χ1) is 37.4. The lowest BCUT2D eigenvalue weighted by Crippen LogP contribution is -2.16. The summed E-state index contributed by atoms with van der Waals surface area (Å²) in [6.45, 7) is 21.5. The van der Waals surface area contributed by atoms with Gasteiger partial charge < -0.3 is 14.5 Å². The first kappa shape index (κ1) is 69.4. The lowest BCUT2D eigenvalue weighted by molar-refractivity contribution is -0.144. The second kappa shape index (κ2) is 41.3. The van der Waals surface area contributed by atoms with E-state index in [0.29, 0.717) is 65.1 Å². The monoisotopic (exact) mass is 1120 g/mol. The van der Waals surface area contributed by atoms with Crippen LogP contribution in [-0.4, -0.2) is 63.4 Å². The quantitative estimate of drug-likeness (QED) is 0.0157. The first-order valence-electron chi connectivity index (χ1n) is 29.5. The van der Waals surface area contributed by atoms with Crippen LogP contribution in [0.25, 0.3) is 0 Å². The number of hydrogen-bond acceptors (Lipinski definition) is 14. The van der Waals surface area contributed by atoms with Crippen LogP contribution in [-0.2, 0) is 43.3 Å². The smallest absolute Gasteiger partial charge is 0.318 e. The SMILES string of the molecule is CC/C=C/CCC(=O)O/N=C1\C=C(C(C)C)C(=O)C=C1C.CC1=CC(=O)C(C(C)C)=C/C1=N/OC(=O)CCCCC1CCSS1.CCCCCCCCCCCCCCCCCCC(=O)O/N=C1/C=C(C(C)C)C(=O)C=C1C. The van der Waals surface area contributed by atoms with Gasteiger partial charge in [-0.15, -0.1) is 0 Å². The molecule has 0 spiro atoms. The van der Waals surface area contributed by atoms with Gasteiger partial charge in [0.25, 0.3) is 0 Å². The van der Waals surface area contributed by atoms with Crippen LogP contribution in [0.2, 0.25) is 0 Å². The Hall–Kier alpha value is -4.69. The van der Waals surface area contributed by atoms with E-state index in [9.17, 15) is 28.8 Å². The largest absolute Gasteiger partial charge is 0.335 e. The van der Waals surface area contributed by atoms with E-state index in [1.165, 1.54) is 115 Å². The van der Waals surface area contributed by atoms with Gasteiger partial charge in [-0.1, -0.05) is 207 Å². The third-order valence-electron chi connectivity index (χ3n) is 13.6. The molecule has 0 aromatic heterocycles. The minimum absolute atomic E-state index is 0.00233. The summed E-state index contributed by atoms with van der Waals surface area (Å²) >= 11 is 0. The van der Waals surface area contributed by atoms with Crippen molar-refractivity contribution in [2.75, 3.05) is 5.75 Å². The molecule has 0 amide bonds. The highest BCUT2D eigenvalue weighted by atomic mass is 33.1. The van der Waals surface area contributed by atoms with Crippen LogP contribution in [0.5, 0.6) is 0 Å². The Morgan fingerprint density at radius 3 is 1.18 bits per heavy atom. The van der Waals surface area contributed by atoms with E-state index in [0.717, 1.165) is 48.5 Å². The van der Waals surface area contributed by atoms with Crippen molar-refractivity contribution < 1.29 is 43.3 Å². The van der Waals surface area contributed by atoms with Crippen molar-refractivity contribution >= 4 is 74.0 Å². The summed E-state index contributed by atoms with van der Waals surface area (Å²) < 4.78 is 0. The zero-order chi connectivity index (χ0) is 57.7. The molecule has 0 saturated carbocycles. The van der Waals surface area contributed by atoms with E-state index in [4.69, 9.17) is 14.5 Å². The number of unbranched alkanes of at least 4 members (excludes halogenated alkanes) is 16. The average Bonchev–Trinajstić information content (AvgIpc) is 3.93. The van der Waals surface area contributed by atoms with Crippen molar-refractivity contribution in [1.29, 1.82) is 0 Å². The lowest BCUT2D eigenvalue weighted by atomic mass is 9.90. The van der Waals surface area contributed by atoms with Crippen LogP contribution in [0, 0.1) is 17.8 Å². The molecule has 434 valence electrons. The molecule has 0 radical (unpaired) electrons. The Kier molecular flexibility index (Phi) is 36.8. The molecular weight excluding hydrogens is 1020 g/mol. The average molecular weight is 1120 g/mol. The number of allylic oxidation sites excluding steroid dienone is 14. The number of rotatable bonds is 32. The van der Waals surface area contributed by atoms with Crippen LogP contribution in [0.1, 0.15) is 237 Å². The van der Waals surface area contributed by atoms with E-state index < -0.39 is 0 Å². The molecule has 1 heterocycles. The maximum atomic E-state index is 12.0. The minimum Gasteiger partial charge on any atom is -0.318 e. The molecule has 1 fully saturated rings. The Morgan fingerprint density at radius 2 is 0.846 bits per heavy atom. The molecule has 3 aliphatic carbocycles. The molecule has 1 atom stereocenters. The number of carbonyl (C=O) groups excluding carboxylic acids is 6. The fraction of sp³-hybridized carbons (Fsp3) is 0.641. The highest BCUT2D eigenvalue weighted by Gasteiger charge is 2.22. The van der Waals surface area contributed by atoms with E-state index in [-0.39, 0.29) is 53.0 Å². The second-order valence-electron chi connectivity index (χ2n) is 21.7. The number of nitrogens with zero attached hydrogens (tertiary/aromatic N) is 3. The van der Waals surface area contributed by atoms with E-state index in [1.54, 1.807) is 44.2 Å². The molecule has 4 aliphatic rings. The third kappa shape index (κ3) is 30.1. The van der Waals surface area contributed by atoms with Gasteiger partial charge in [0, 0.05) is 40.6 Å². The Balaban J connectivity index is 0.000000412. The van der Waals surface area contributed by atoms with Gasteiger partial charge in [0.15, 0.2) is 17.3 Å². The summed E-state index contributed by atoms with van der Waals surface area (Å²) in [5, 5.41) is 12.6. The summed E-state index contributed by atoms with van der Waals surface area (Å²) in [7, 11) is 3.92. The van der Waals surface area contributed by atoms with Crippen molar-refractivity contribution in [2.45, 2.75) is 242 Å². The molecule has 1 unspecified atom stereocenters. The highest BCUT2D eigenvalue weighted by Crippen LogP contribution is 2.40. The van der Waals surface area contributed by atoms with Gasteiger partial charge >= 0.3 is 17.9 Å². The van der Waals surface area contributed by atoms with Crippen molar-refractivity contribution in [3.63, 3.8) is 0 Å². The van der Waals surface area contributed by atoms with E-state index in [1.807, 2.05) is 89.1 Å². The number of ketones is 3. The van der Waals surface area contributed by atoms with Gasteiger partial charge in [-0.2, -0.15) is 0 Å². The molecule has 4 rings (SSSR count). The molecule has 14 heteroatoms. The van der Waals surface area contributed by atoms with Crippen molar-refractivity contribution in [2.24, 2.45) is 33.2 Å². The number of carbonyl (C=O) groups is 6. The lowest BCUT2D eigenvalue weighted by Gasteiger charge is -2.14. The maximum Gasteiger partial charge on any atom is 0.335 e. The van der Waals surface area contributed by atoms with Gasteiger partial charge in [0.05, 0.1) is 6.42 Å². The molecule has 0 bridgehead atoms. The van der Waals surface area contributed by atoms with Crippen molar-refractivity contribution in [3.05, 3.63) is 82.0 Å². The van der Waals surface area contributed by atoms with Crippen molar-refractivity contribution in [1.82, 2.24) is 0 Å². The van der Waals surface area contributed by atoms with Crippen LogP contribution in [0.4, 0.5) is 0 Å². The number of oxime groups is 3. The predicted octanol–water partition coefficient (Wildman–Crippen LogP) is 17.1. The van der Waals surface area contributed by atoms with Crippen LogP contribution >= 0.6 is 21.6 Å². The molecule has 0 N–H and O–H groups in total. The maximum absolute atomic E-state index is 12.0. The normalized spacial score (nSPS) is 18.1. The highest BCUT2D eigenvalue weighted by molar-refractivity contribution is 8.77. The minimum atomic E-state index is -0.368. The third-order valence-corrected chi connectivity index (χ3v) is 16.6. The van der Waals surface area contributed by atoms with Crippen LogP contribution in [0.15, 0.2) is 97.5 Å². The predicted molar refractivity (Wildman–Crippen MR) is 325 cm³/mol. The van der Waals surface area contributed by atoms with Gasteiger partial charge in [0.1, 0.15) is 17.1 Å². The molecule has 1 aliphatic heterocycles. The second-order valence-corrected chi connectivity index (χ2v) is 24.5. The summed E-state index contributed by atoms with van der Waals surface area (Å²) in [5.41, 5.74) is 5.92.